The van der Waals surface area contributed by atoms with Crippen molar-refractivity contribution in [3.8, 4) is 0 Å². The van der Waals surface area contributed by atoms with Gasteiger partial charge in [0.05, 0.1) is 11.4 Å². The molecule has 0 aromatic heterocycles. The maximum Gasteiger partial charge on any atom is 0.0556 e. The van der Waals surface area contributed by atoms with Gasteiger partial charge in [0.2, 0.25) is 0 Å². The molecule has 1 aliphatic rings. The lowest BCUT2D eigenvalue weighted by atomic mass is 10.0. The third-order valence-corrected chi connectivity index (χ3v) is 7.89. The lowest BCUT2D eigenvalue weighted by molar-refractivity contribution is 0.607. The van der Waals surface area contributed by atoms with Crippen LogP contribution in [0.3, 0.4) is 0 Å². The van der Waals surface area contributed by atoms with E-state index in [1.165, 1.54) is 122 Å². The van der Waals surface area contributed by atoms with Gasteiger partial charge in [-0.1, -0.05) is 108 Å². The van der Waals surface area contributed by atoms with Crippen molar-refractivity contribution >= 4 is 23.1 Å². The number of hydrogen-bond donors (Lipinski definition) is 0. The standard InChI is InChI=1S/C31H45NS/c1-4-7-9-11-13-15-17-26-19-21-28-30(24-26)33-31-25-27(18-16-14-12-10-8-5-2)20-22-29(31)32(28)23-6-3/h6,19-22,24-25H,3-5,7-18,23H2,1-2H3. The van der Waals surface area contributed by atoms with Gasteiger partial charge in [0.1, 0.15) is 0 Å². The van der Waals surface area contributed by atoms with E-state index in [0.29, 0.717) is 0 Å². The predicted octanol–water partition coefficient (Wildman–Crippen LogP) is 10.3. The van der Waals surface area contributed by atoms with Crippen molar-refractivity contribution in [1.29, 1.82) is 0 Å². The van der Waals surface area contributed by atoms with E-state index in [4.69, 9.17) is 0 Å². The highest BCUT2D eigenvalue weighted by Gasteiger charge is 2.23. The zero-order chi connectivity index (χ0) is 23.3. The molecule has 180 valence electrons. The van der Waals surface area contributed by atoms with Crippen LogP contribution in [0.15, 0.2) is 58.8 Å². The third-order valence-electron chi connectivity index (χ3n) is 6.80. The molecule has 0 radical (unpaired) electrons. The molecule has 2 aromatic carbocycles. The Morgan fingerprint density at radius 3 is 1.58 bits per heavy atom. The molecule has 0 atom stereocenters. The Morgan fingerprint density at radius 1 is 0.667 bits per heavy atom. The van der Waals surface area contributed by atoms with Gasteiger partial charge in [-0.2, -0.15) is 0 Å². The largest absolute Gasteiger partial charge is 0.336 e. The number of fused-ring (bicyclic) bond motifs is 2. The van der Waals surface area contributed by atoms with E-state index in [1.807, 2.05) is 17.8 Å². The molecule has 1 nitrogen and oxygen atoms in total. The smallest absolute Gasteiger partial charge is 0.0556 e. The molecule has 1 heterocycles. The van der Waals surface area contributed by atoms with Gasteiger partial charge < -0.3 is 4.90 Å². The van der Waals surface area contributed by atoms with Gasteiger partial charge in [0, 0.05) is 16.3 Å². The highest BCUT2D eigenvalue weighted by atomic mass is 32.2. The molecule has 0 saturated carbocycles. The Bertz CT molecular complexity index is 790. The number of rotatable bonds is 16. The predicted molar refractivity (Wildman–Crippen MR) is 148 cm³/mol. The zero-order valence-corrected chi connectivity index (χ0v) is 22.0. The quantitative estimate of drug-likeness (QED) is 0.180. The van der Waals surface area contributed by atoms with Gasteiger partial charge in [0.15, 0.2) is 0 Å². The Hall–Kier alpha value is -1.67. The van der Waals surface area contributed by atoms with E-state index in [0.717, 1.165) is 6.54 Å². The zero-order valence-electron chi connectivity index (χ0n) is 21.2. The van der Waals surface area contributed by atoms with Gasteiger partial charge >= 0.3 is 0 Å². The van der Waals surface area contributed by atoms with Crippen LogP contribution in [0, 0.1) is 0 Å². The van der Waals surface area contributed by atoms with Gasteiger partial charge in [0.25, 0.3) is 0 Å². The number of benzene rings is 2. The van der Waals surface area contributed by atoms with Gasteiger partial charge in [-0.3, -0.25) is 0 Å². The van der Waals surface area contributed by atoms with Crippen molar-refractivity contribution in [1.82, 2.24) is 0 Å². The molecule has 0 amide bonds. The van der Waals surface area contributed by atoms with Crippen LogP contribution >= 0.6 is 11.8 Å². The molecule has 0 N–H and O–H groups in total. The first-order chi connectivity index (χ1) is 16.3. The summed E-state index contributed by atoms with van der Waals surface area (Å²) in [4.78, 5) is 5.26. The van der Waals surface area contributed by atoms with Crippen LogP contribution in [-0.4, -0.2) is 6.54 Å². The maximum atomic E-state index is 4.03. The number of unbranched alkanes of at least 4 members (excludes halogenated alkanes) is 10. The summed E-state index contributed by atoms with van der Waals surface area (Å²) in [6.45, 7) is 9.46. The van der Waals surface area contributed by atoms with E-state index in [9.17, 15) is 0 Å². The van der Waals surface area contributed by atoms with Crippen LogP contribution < -0.4 is 4.90 Å². The average molecular weight is 464 g/mol. The number of aryl methyl sites for hydroxylation is 2. The van der Waals surface area contributed by atoms with Crippen molar-refractivity contribution in [3.05, 3.63) is 60.2 Å². The van der Waals surface area contributed by atoms with Crippen molar-refractivity contribution in [2.24, 2.45) is 0 Å². The topological polar surface area (TPSA) is 3.24 Å². The van der Waals surface area contributed by atoms with E-state index in [2.05, 4.69) is 61.7 Å². The van der Waals surface area contributed by atoms with Gasteiger partial charge in [-0.25, -0.2) is 0 Å². The minimum atomic E-state index is 0.855. The van der Waals surface area contributed by atoms with Gasteiger partial charge in [-0.05, 0) is 61.1 Å². The normalized spacial score (nSPS) is 12.5. The second-order valence-electron chi connectivity index (χ2n) is 9.64. The van der Waals surface area contributed by atoms with E-state index in [-0.39, 0.29) is 0 Å². The summed E-state index contributed by atoms with van der Waals surface area (Å²) in [6.07, 6.45) is 20.7. The fraction of sp³-hybridized carbons (Fsp3) is 0.548. The molecular formula is C31H45NS. The first kappa shape index (κ1) is 25.9. The van der Waals surface area contributed by atoms with Crippen LogP contribution in [0.4, 0.5) is 11.4 Å². The summed E-state index contributed by atoms with van der Waals surface area (Å²) in [5.74, 6) is 0. The van der Waals surface area contributed by atoms with Crippen molar-refractivity contribution in [3.63, 3.8) is 0 Å². The molecule has 2 heteroatoms. The molecule has 0 unspecified atom stereocenters. The minimum Gasteiger partial charge on any atom is -0.336 e. The highest BCUT2D eigenvalue weighted by Crippen LogP contribution is 2.48. The fourth-order valence-corrected chi connectivity index (χ4v) is 6.05. The minimum absolute atomic E-state index is 0.855. The number of hydrogen-bond acceptors (Lipinski definition) is 2. The number of nitrogens with zero attached hydrogens (tertiary/aromatic N) is 1. The summed E-state index contributed by atoms with van der Waals surface area (Å²) in [6, 6.07) is 14.3. The SMILES string of the molecule is C=CCN1c2ccc(CCCCCCCC)cc2Sc2cc(CCCCCCCC)ccc21. The van der Waals surface area contributed by atoms with Crippen LogP contribution in [0.2, 0.25) is 0 Å². The second kappa shape index (κ2) is 14.6. The summed E-state index contributed by atoms with van der Waals surface area (Å²) in [5.41, 5.74) is 5.65. The van der Waals surface area contributed by atoms with E-state index < -0.39 is 0 Å². The summed E-state index contributed by atoms with van der Waals surface area (Å²) >= 11 is 1.97. The molecular weight excluding hydrogens is 418 g/mol. The first-order valence-corrected chi connectivity index (χ1v) is 14.4. The molecule has 1 aliphatic heterocycles. The van der Waals surface area contributed by atoms with Crippen LogP contribution in [0.1, 0.15) is 102 Å². The Labute approximate surface area is 208 Å². The second-order valence-corrected chi connectivity index (χ2v) is 10.7. The Balaban J connectivity index is 1.63. The summed E-state index contributed by atoms with van der Waals surface area (Å²) in [5, 5.41) is 0. The lowest BCUT2D eigenvalue weighted by Crippen LogP contribution is -2.20. The van der Waals surface area contributed by atoms with Crippen LogP contribution in [0.25, 0.3) is 0 Å². The first-order valence-electron chi connectivity index (χ1n) is 13.6. The molecule has 2 aromatic rings. The van der Waals surface area contributed by atoms with E-state index >= 15 is 0 Å². The molecule has 0 bridgehead atoms. The summed E-state index contributed by atoms with van der Waals surface area (Å²) < 4.78 is 0. The van der Waals surface area contributed by atoms with Crippen molar-refractivity contribution in [2.45, 2.75) is 114 Å². The van der Waals surface area contributed by atoms with Gasteiger partial charge in [-0.15, -0.1) is 6.58 Å². The average Bonchev–Trinajstić information content (AvgIpc) is 2.83. The third kappa shape index (κ3) is 7.95. The molecule has 0 saturated heterocycles. The molecule has 33 heavy (non-hydrogen) atoms. The molecule has 0 fully saturated rings. The fourth-order valence-electron chi connectivity index (χ4n) is 4.83. The highest BCUT2D eigenvalue weighted by molar-refractivity contribution is 7.99. The monoisotopic (exact) mass is 463 g/mol. The van der Waals surface area contributed by atoms with Crippen molar-refractivity contribution < 1.29 is 0 Å². The maximum absolute atomic E-state index is 4.03. The lowest BCUT2D eigenvalue weighted by Gasteiger charge is -2.32. The Morgan fingerprint density at radius 2 is 1.12 bits per heavy atom. The Kier molecular flexibility index (Phi) is 11.4. The molecule has 0 spiro atoms. The summed E-state index contributed by atoms with van der Waals surface area (Å²) in [7, 11) is 0. The van der Waals surface area contributed by atoms with Crippen molar-refractivity contribution in [2.75, 3.05) is 11.4 Å². The number of anilines is 2. The van der Waals surface area contributed by atoms with E-state index in [1.54, 1.807) is 0 Å². The molecule has 3 rings (SSSR count). The van der Waals surface area contributed by atoms with Crippen LogP contribution in [0.5, 0.6) is 0 Å². The molecule has 0 aliphatic carbocycles. The van der Waals surface area contributed by atoms with Crippen LogP contribution in [-0.2, 0) is 12.8 Å².